The van der Waals surface area contributed by atoms with Crippen molar-refractivity contribution in [3.05, 3.63) is 11.4 Å². The number of amides is 1. The number of aryl methyl sites for hydroxylation is 2. The van der Waals surface area contributed by atoms with Crippen LogP contribution in [0.5, 0.6) is 0 Å². The lowest BCUT2D eigenvalue weighted by Gasteiger charge is -2.05. The number of hydrogen-bond donors (Lipinski definition) is 1. The number of hydrogen-bond acceptors (Lipinski definition) is 2. The monoisotopic (exact) mass is 229 g/mol. The van der Waals surface area contributed by atoms with Gasteiger partial charge in [-0.1, -0.05) is 13.8 Å². The van der Waals surface area contributed by atoms with E-state index in [0.29, 0.717) is 0 Å². The van der Waals surface area contributed by atoms with Crippen LogP contribution in [0.15, 0.2) is 0 Å². The third-order valence-corrected chi connectivity index (χ3v) is 2.54. The summed E-state index contributed by atoms with van der Waals surface area (Å²) in [5.41, 5.74) is 2.77. The molecule has 4 nitrogen and oxygen atoms in total. The Morgan fingerprint density at radius 1 is 1.47 bits per heavy atom. The van der Waals surface area contributed by atoms with E-state index in [1.807, 2.05) is 25.6 Å². The molecule has 15 heavy (non-hydrogen) atoms. The van der Waals surface area contributed by atoms with E-state index in [9.17, 15) is 4.79 Å². The fourth-order valence-electron chi connectivity index (χ4n) is 1.59. The fraction of sp³-hybridized carbons (Fsp3) is 0.600. The van der Waals surface area contributed by atoms with Crippen molar-refractivity contribution in [2.24, 2.45) is 7.05 Å². The third-order valence-electron chi connectivity index (χ3n) is 2.29. The van der Waals surface area contributed by atoms with Gasteiger partial charge in [-0.3, -0.25) is 9.48 Å². The smallest absolute Gasteiger partial charge is 0.239 e. The Morgan fingerprint density at radius 3 is 2.60 bits per heavy atom. The summed E-state index contributed by atoms with van der Waals surface area (Å²) >= 11 is 5.46. The average Bonchev–Trinajstić information content (AvgIpc) is 2.54. The molecular weight excluding hydrogens is 214 g/mol. The minimum absolute atomic E-state index is 0.0266. The van der Waals surface area contributed by atoms with E-state index in [-0.39, 0.29) is 11.8 Å². The second kappa shape index (κ2) is 5.16. The van der Waals surface area contributed by atoms with E-state index in [1.165, 1.54) is 0 Å². The average molecular weight is 230 g/mol. The zero-order chi connectivity index (χ0) is 11.4. The van der Waals surface area contributed by atoms with E-state index >= 15 is 0 Å². The van der Waals surface area contributed by atoms with Crippen LogP contribution in [-0.2, 0) is 24.7 Å². The Bertz CT molecular complexity index is 360. The van der Waals surface area contributed by atoms with Crippen molar-refractivity contribution in [3.63, 3.8) is 0 Å². The molecule has 1 aromatic rings. The molecular formula is C10H16ClN3O. The number of halogens is 1. The molecule has 1 rings (SSSR count). The van der Waals surface area contributed by atoms with Crippen molar-refractivity contribution in [1.29, 1.82) is 0 Å². The largest absolute Gasteiger partial charge is 0.322 e. The molecule has 0 saturated carbocycles. The normalized spacial score (nSPS) is 10.4. The first-order chi connectivity index (χ1) is 7.13. The maximum Gasteiger partial charge on any atom is 0.239 e. The summed E-state index contributed by atoms with van der Waals surface area (Å²) in [4.78, 5) is 11.2. The second-order valence-corrected chi connectivity index (χ2v) is 3.55. The Hall–Kier alpha value is -1.03. The number of anilines is 1. The highest BCUT2D eigenvalue weighted by atomic mass is 35.5. The Labute approximate surface area is 94.6 Å². The Balaban J connectivity index is 3.06. The zero-order valence-corrected chi connectivity index (χ0v) is 10.1. The Kier molecular flexibility index (Phi) is 4.15. The highest BCUT2D eigenvalue weighted by molar-refractivity contribution is 6.29. The quantitative estimate of drug-likeness (QED) is 0.800. The number of alkyl halides is 1. The van der Waals surface area contributed by atoms with Gasteiger partial charge in [0.15, 0.2) is 0 Å². The summed E-state index contributed by atoms with van der Waals surface area (Å²) in [6.45, 7) is 4.05. The summed E-state index contributed by atoms with van der Waals surface area (Å²) in [6, 6.07) is 0. The van der Waals surface area contributed by atoms with Gasteiger partial charge in [-0.15, -0.1) is 11.6 Å². The first-order valence-corrected chi connectivity index (χ1v) is 5.58. The maximum atomic E-state index is 11.2. The van der Waals surface area contributed by atoms with Crippen molar-refractivity contribution < 1.29 is 4.79 Å². The van der Waals surface area contributed by atoms with Crippen LogP contribution in [0.25, 0.3) is 0 Å². The minimum atomic E-state index is -0.186. The predicted octanol–water partition coefficient (Wildman–Crippen LogP) is 1.72. The van der Waals surface area contributed by atoms with Crippen molar-refractivity contribution in [2.45, 2.75) is 26.7 Å². The summed E-state index contributed by atoms with van der Waals surface area (Å²) in [6.07, 6.45) is 1.63. The molecule has 0 atom stereocenters. The van der Waals surface area contributed by atoms with Crippen molar-refractivity contribution in [3.8, 4) is 0 Å². The lowest BCUT2D eigenvalue weighted by Crippen LogP contribution is -2.14. The standard InChI is InChI=1S/C10H16ClN3O/c1-4-7-10(12-9(15)6-11)8(5-2)14(3)13-7/h4-6H2,1-3H3,(H,12,15). The van der Waals surface area contributed by atoms with Crippen LogP contribution in [0.3, 0.4) is 0 Å². The number of carbonyl (C=O) groups is 1. The number of aromatic nitrogens is 2. The molecule has 0 radical (unpaired) electrons. The third kappa shape index (κ3) is 2.50. The van der Waals surface area contributed by atoms with Crippen LogP contribution in [-0.4, -0.2) is 21.6 Å². The van der Waals surface area contributed by atoms with Gasteiger partial charge in [0.05, 0.1) is 17.1 Å². The van der Waals surface area contributed by atoms with Gasteiger partial charge in [-0.2, -0.15) is 5.10 Å². The molecule has 0 fully saturated rings. The van der Waals surface area contributed by atoms with Crippen LogP contribution in [0.2, 0.25) is 0 Å². The molecule has 0 aliphatic rings. The highest BCUT2D eigenvalue weighted by Crippen LogP contribution is 2.21. The summed E-state index contributed by atoms with van der Waals surface area (Å²) < 4.78 is 1.81. The van der Waals surface area contributed by atoms with Gasteiger partial charge < -0.3 is 5.32 Å². The van der Waals surface area contributed by atoms with E-state index in [0.717, 1.165) is 29.9 Å². The second-order valence-electron chi connectivity index (χ2n) is 3.28. The topological polar surface area (TPSA) is 46.9 Å². The SMILES string of the molecule is CCc1nn(C)c(CC)c1NC(=O)CCl. The van der Waals surface area contributed by atoms with Gasteiger partial charge in [0, 0.05) is 7.05 Å². The number of nitrogens with zero attached hydrogens (tertiary/aromatic N) is 2. The van der Waals surface area contributed by atoms with Crippen LogP contribution in [0.4, 0.5) is 5.69 Å². The van der Waals surface area contributed by atoms with Crippen LogP contribution in [0, 0.1) is 0 Å². The van der Waals surface area contributed by atoms with Gasteiger partial charge >= 0.3 is 0 Å². The van der Waals surface area contributed by atoms with Crippen molar-refractivity contribution in [1.82, 2.24) is 9.78 Å². The molecule has 5 heteroatoms. The van der Waals surface area contributed by atoms with Crippen molar-refractivity contribution in [2.75, 3.05) is 11.2 Å². The molecule has 0 bridgehead atoms. The molecule has 1 aromatic heterocycles. The lowest BCUT2D eigenvalue weighted by molar-refractivity contribution is -0.113. The molecule has 0 spiro atoms. The predicted molar refractivity (Wildman–Crippen MR) is 61.3 cm³/mol. The minimum Gasteiger partial charge on any atom is -0.322 e. The van der Waals surface area contributed by atoms with Crippen LogP contribution >= 0.6 is 11.6 Å². The summed E-state index contributed by atoms with van der Waals surface area (Å²) in [5, 5.41) is 7.14. The zero-order valence-electron chi connectivity index (χ0n) is 9.30. The van der Waals surface area contributed by atoms with Gasteiger partial charge in [-0.25, -0.2) is 0 Å². The maximum absolute atomic E-state index is 11.2. The Morgan fingerprint density at radius 2 is 2.13 bits per heavy atom. The number of rotatable bonds is 4. The first-order valence-electron chi connectivity index (χ1n) is 5.04. The first kappa shape index (κ1) is 12.0. The molecule has 0 aliphatic heterocycles. The van der Waals surface area contributed by atoms with Gasteiger partial charge in [0.1, 0.15) is 5.88 Å². The molecule has 0 unspecified atom stereocenters. The molecule has 1 heterocycles. The van der Waals surface area contributed by atoms with Crippen molar-refractivity contribution >= 4 is 23.2 Å². The molecule has 1 amide bonds. The van der Waals surface area contributed by atoms with E-state index < -0.39 is 0 Å². The van der Waals surface area contributed by atoms with E-state index in [4.69, 9.17) is 11.6 Å². The number of carbonyl (C=O) groups excluding carboxylic acids is 1. The molecule has 0 saturated heterocycles. The summed E-state index contributed by atoms with van der Waals surface area (Å²) in [5.74, 6) is -0.213. The van der Waals surface area contributed by atoms with E-state index in [1.54, 1.807) is 0 Å². The van der Waals surface area contributed by atoms with E-state index in [2.05, 4.69) is 10.4 Å². The fourth-order valence-corrected chi connectivity index (χ4v) is 1.66. The molecule has 1 N–H and O–H groups in total. The van der Waals surface area contributed by atoms with Gasteiger partial charge in [0.25, 0.3) is 0 Å². The van der Waals surface area contributed by atoms with Gasteiger partial charge in [-0.05, 0) is 12.8 Å². The molecule has 0 aromatic carbocycles. The molecule has 84 valence electrons. The van der Waals surface area contributed by atoms with Crippen LogP contribution < -0.4 is 5.32 Å². The molecule has 0 aliphatic carbocycles. The lowest BCUT2D eigenvalue weighted by atomic mass is 10.2. The van der Waals surface area contributed by atoms with Gasteiger partial charge in [0.2, 0.25) is 5.91 Å². The highest BCUT2D eigenvalue weighted by Gasteiger charge is 2.15. The van der Waals surface area contributed by atoms with Crippen LogP contribution in [0.1, 0.15) is 25.2 Å². The number of nitrogens with one attached hydrogen (secondary N) is 1. The summed E-state index contributed by atoms with van der Waals surface area (Å²) in [7, 11) is 1.88.